The van der Waals surface area contributed by atoms with Gasteiger partial charge in [-0.15, -0.1) is 0 Å². The number of piperazine rings is 1. The van der Waals surface area contributed by atoms with Crippen LogP contribution in [0.1, 0.15) is 24.9 Å². The number of carbonyl (C=O) groups excluding carboxylic acids is 2. The Morgan fingerprint density at radius 3 is 2.90 bits per heavy atom. The zero-order chi connectivity index (χ0) is 14.3. The second-order valence-electron chi connectivity index (χ2n) is 5.15. The maximum atomic E-state index is 11.9. The van der Waals surface area contributed by atoms with Crippen LogP contribution in [0, 0.1) is 0 Å². The van der Waals surface area contributed by atoms with E-state index in [2.05, 4.69) is 15.5 Å². The normalized spacial score (nSPS) is 25.2. The van der Waals surface area contributed by atoms with Crippen LogP contribution in [0.4, 0.5) is 11.4 Å². The lowest BCUT2D eigenvalue weighted by Crippen LogP contribution is -2.55. The predicted molar refractivity (Wildman–Crippen MR) is 76.4 cm³/mol. The van der Waals surface area contributed by atoms with Crippen molar-refractivity contribution < 1.29 is 9.59 Å². The summed E-state index contributed by atoms with van der Waals surface area (Å²) in [5.74, 6) is -0.124. The second kappa shape index (κ2) is 4.79. The minimum atomic E-state index is -0.592. The van der Waals surface area contributed by atoms with Gasteiger partial charge in [0, 0.05) is 30.0 Å². The third-order valence-corrected chi connectivity index (χ3v) is 3.96. The minimum absolute atomic E-state index is 0.0555. The van der Waals surface area contributed by atoms with Crippen molar-refractivity contribution in [2.24, 2.45) is 5.73 Å². The predicted octanol–water partition coefficient (Wildman–Crippen LogP) is 0.353. The lowest BCUT2D eigenvalue weighted by Gasteiger charge is -2.36. The number of rotatable bonds is 2. The first-order chi connectivity index (χ1) is 9.61. The number of amides is 2. The van der Waals surface area contributed by atoms with E-state index in [0.29, 0.717) is 6.54 Å². The number of hydrogen-bond acceptors (Lipinski definition) is 4. The standard InChI is InChI=1S/C14H18N4O2/c1-2-11-13(19)16-5-6-18(11)8-3-4-9-10(7-8)17-14(20)12(9)15/h3-4,7,11-12H,2,5-6,15H2,1H3,(H,16,19)(H,17,20). The van der Waals surface area contributed by atoms with Crippen LogP contribution in [-0.4, -0.2) is 30.9 Å². The number of anilines is 2. The van der Waals surface area contributed by atoms with Crippen molar-refractivity contribution in [1.29, 1.82) is 0 Å². The largest absolute Gasteiger partial charge is 0.358 e. The Balaban J connectivity index is 1.93. The maximum absolute atomic E-state index is 11.9. The second-order valence-corrected chi connectivity index (χ2v) is 5.15. The summed E-state index contributed by atoms with van der Waals surface area (Å²) in [7, 11) is 0. The fraction of sp³-hybridized carbons (Fsp3) is 0.429. The summed E-state index contributed by atoms with van der Waals surface area (Å²) < 4.78 is 0. The summed E-state index contributed by atoms with van der Waals surface area (Å²) in [5, 5.41) is 5.66. The molecule has 2 unspecified atom stereocenters. The highest BCUT2D eigenvalue weighted by Crippen LogP contribution is 2.33. The molecule has 1 saturated heterocycles. The molecule has 106 valence electrons. The van der Waals surface area contributed by atoms with E-state index in [-0.39, 0.29) is 17.9 Å². The molecule has 2 atom stereocenters. The van der Waals surface area contributed by atoms with E-state index in [1.807, 2.05) is 25.1 Å². The molecular formula is C14H18N4O2. The van der Waals surface area contributed by atoms with E-state index in [0.717, 1.165) is 29.9 Å². The highest BCUT2D eigenvalue weighted by atomic mass is 16.2. The van der Waals surface area contributed by atoms with Gasteiger partial charge in [-0.3, -0.25) is 9.59 Å². The lowest BCUT2D eigenvalue weighted by atomic mass is 10.1. The first kappa shape index (κ1) is 12.9. The van der Waals surface area contributed by atoms with Gasteiger partial charge >= 0.3 is 0 Å². The van der Waals surface area contributed by atoms with Crippen molar-refractivity contribution in [3.63, 3.8) is 0 Å². The molecular weight excluding hydrogens is 256 g/mol. The highest BCUT2D eigenvalue weighted by molar-refractivity contribution is 6.03. The number of nitrogens with one attached hydrogen (secondary N) is 2. The van der Waals surface area contributed by atoms with E-state index >= 15 is 0 Å². The van der Waals surface area contributed by atoms with E-state index in [1.54, 1.807) is 0 Å². The third kappa shape index (κ3) is 1.92. The molecule has 1 fully saturated rings. The number of fused-ring (bicyclic) bond motifs is 1. The van der Waals surface area contributed by atoms with Gasteiger partial charge in [-0.25, -0.2) is 0 Å². The summed E-state index contributed by atoms with van der Waals surface area (Å²) in [4.78, 5) is 25.6. The van der Waals surface area contributed by atoms with Gasteiger partial charge in [-0.2, -0.15) is 0 Å². The van der Waals surface area contributed by atoms with Crippen LogP contribution in [0.5, 0.6) is 0 Å². The molecule has 0 bridgehead atoms. The Morgan fingerprint density at radius 1 is 1.35 bits per heavy atom. The van der Waals surface area contributed by atoms with E-state index in [4.69, 9.17) is 5.73 Å². The molecule has 0 spiro atoms. The number of benzene rings is 1. The monoisotopic (exact) mass is 274 g/mol. The molecule has 2 aliphatic heterocycles. The number of carbonyl (C=O) groups is 2. The van der Waals surface area contributed by atoms with Crippen molar-refractivity contribution in [1.82, 2.24) is 5.32 Å². The van der Waals surface area contributed by atoms with Crippen molar-refractivity contribution in [2.45, 2.75) is 25.4 Å². The Morgan fingerprint density at radius 2 is 2.15 bits per heavy atom. The Bertz CT molecular complexity index is 572. The summed E-state index contributed by atoms with van der Waals surface area (Å²) in [5.41, 5.74) is 8.31. The minimum Gasteiger partial charge on any atom is -0.358 e. The lowest BCUT2D eigenvalue weighted by molar-refractivity contribution is -0.123. The number of nitrogens with zero attached hydrogens (tertiary/aromatic N) is 1. The Labute approximate surface area is 117 Å². The molecule has 0 saturated carbocycles. The van der Waals surface area contributed by atoms with Gasteiger partial charge in [-0.05, 0) is 18.6 Å². The van der Waals surface area contributed by atoms with Gasteiger partial charge in [0.15, 0.2) is 0 Å². The van der Waals surface area contributed by atoms with Crippen LogP contribution < -0.4 is 21.3 Å². The molecule has 4 N–H and O–H groups in total. The van der Waals surface area contributed by atoms with Gasteiger partial charge in [0.25, 0.3) is 0 Å². The molecule has 0 radical (unpaired) electrons. The fourth-order valence-corrected chi connectivity index (χ4v) is 2.88. The summed E-state index contributed by atoms with van der Waals surface area (Å²) in [6.07, 6.45) is 0.745. The number of nitrogens with two attached hydrogens (primary N) is 1. The van der Waals surface area contributed by atoms with E-state index in [9.17, 15) is 9.59 Å². The van der Waals surface area contributed by atoms with Crippen LogP contribution in [0.2, 0.25) is 0 Å². The van der Waals surface area contributed by atoms with Crippen molar-refractivity contribution in [3.05, 3.63) is 23.8 Å². The number of hydrogen-bond donors (Lipinski definition) is 3. The van der Waals surface area contributed by atoms with Crippen molar-refractivity contribution in [2.75, 3.05) is 23.3 Å². The van der Waals surface area contributed by atoms with Gasteiger partial charge in [0.1, 0.15) is 12.1 Å². The van der Waals surface area contributed by atoms with Gasteiger partial charge in [0.2, 0.25) is 11.8 Å². The molecule has 2 heterocycles. The third-order valence-electron chi connectivity index (χ3n) is 3.96. The first-order valence-electron chi connectivity index (χ1n) is 6.86. The van der Waals surface area contributed by atoms with Gasteiger partial charge in [0.05, 0.1) is 0 Å². The van der Waals surface area contributed by atoms with Crippen LogP contribution in [0.3, 0.4) is 0 Å². The topological polar surface area (TPSA) is 87.5 Å². The van der Waals surface area contributed by atoms with Gasteiger partial charge < -0.3 is 21.3 Å². The zero-order valence-electron chi connectivity index (χ0n) is 11.3. The smallest absolute Gasteiger partial charge is 0.245 e. The molecule has 1 aromatic rings. The molecule has 2 aliphatic rings. The molecule has 0 aliphatic carbocycles. The van der Waals surface area contributed by atoms with Gasteiger partial charge in [-0.1, -0.05) is 13.0 Å². The highest BCUT2D eigenvalue weighted by Gasteiger charge is 2.31. The van der Waals surface area contributed by atoms with Crippen LogP contribution in [0.25, 0.3) is 0 Å². The van der Waals surface area contributed by atoms with E-state index < -0.39 is 6.04 Å². The SMILES string of the molecule is CCC1C(=O)NCCN1c1ccc2c(c1)NC(=O)C2N. The fourth-order valence-electron chi connectivity index (χ4n) is 2.88. The Kier molecular flexibility index (Phi) is 3.10. The summed E-state index contributed by atoms with van der Waals surface area (Å²) >= 11 is 0. The molecule has 6 nitrogen and oxygen atoms in total. The maximum Gasteiger partial charge on any atom is 0.245 e. The summed E-state index contributed by atoms with van der Waals surface area (Å²) in [6, 6.07) is 4.95. The van der Waals surface area contributed by atoms with Crippen LogP contribution >= 0.6 is 0 Å². The average molecular weight is 274 g/mol. The Hall–Kier alpha value is -2.08. The molecule has 20 heavy (non-hydrogen) atoms. The molecule has 3 rings (SSSR count). The van der Waals surface area contributed by atoms with Crippen molar-refractivity contribution in [3.8, 4) is 0 Å². The average Bonchev–Trinajstić information content (AvgIpc) is 2.73. The first-order valence-corrected chi connectivity index (χ1v) is 6.86. The molecule has 6 heteroatoms. The van der Waals surface area contributed by atoms with Crippen LogP contribution in [0.15, 0.2) is 18.2 Å². The molecule has 2 amide bonds. The van der Waals surface area contributed by atoms with E-state index in [1.165, 1.54) is 0 Å². The van der Waals surface area contributed by atoms with Crippen LogP contribution in [-0.2, 0) is 9.59 Å². The molecule has 0 aromatic heterocycles. The molecule has 1 aromatic carbocycles. The zero-order valence-corrected chi connectivity index (χ0v) is 11.3. The van der Waals surface area contributed by atoms with Crippen molar-refractivity contribution >= 4 is 23.2 Å². The summed E-state index contributed by atoms with van der Waals surface area (Å²) in [6.45, 7) is 3.40. The quantitative estimate of drug-likeness (QED) is 0.726.